The number of amides is 1. The second-order valence-corrected chi connectivity index (χ2v) is 8.89. The van der Waals surface area contributed by atoms with Crippen LogP contribution in [0.4, 0.5) is 0 Å². The highest BCUT2D eigenvalue weighted by molar-refractivity contribution is 7.89. The molecular weight excluding hydrogens is 340 g/mol. The van der Waals surface area contributed by atoms with Crippen molar-refractivity contribution in [1.29, 1.82) is 0 Å². The van der Waals surface area contributed by atoms with E-state index in [0.29, 0.717) is 12.1 Å². The number of aliphatic hydroxyl groups excluding tert-OH is 1. The van der Waals surface area contributed by atoms with Gasteiger partial charge in [-0.25, -0.2) is 13.1 Å². The molecule has 2 atom stereocenters. The summed E-state index contributed by atoms with van der Waals surface area (Å²) in [5.41, 5.74) is 1.14. The molecule has 2 N–H and O–H groups in total. The lowest BCUT2D eigenvalue weighted by Crippen LogP contribution is -2.49. The summed E-state index contributed by atoms with van der Waals surface area (Å²) in [5.74, 6) is -0.202. The van der Waals surface area contributed by atoms with Crippen molar-refractivity contribution >= 4 is 15.9 Å². The second kappa shape index (κ2) is 7.05. The van der Waals surface area contributed by atoms with Crippen molar-refractivity contribution in [2.75, 3.05) is 6.54 Å². The normalized spacial score (nSPS) is 22.7. The van der Waals surface area contributed by atoms with Gasteiger partial charge in [0.05, 0.1) is 17.0 Å². The molecule has 1 amide bonds. The molecule has 1 saturated carbocycles. The first-order valence-corrected chi connectivity index (χ1v) is 10.4. The van der Waals surface area contributed by atoms with Crippen LogP contribution in [0.5, 0.6) is 0 Å². The lowest BCUT2D eigenvalue weighted by Gasteiger charge is -2.37. The van der Waals surface area contributed by atoms with Gasteiger partial charge in [-0.2, -0.15) is 0 Å². The van der Waals surface area contributed by atoms with Gasteiger partial charge in [0, 0.05) is 18.2 Å². The van der Waals surface area contributed by atoms with Crippen molar-refractivity contribution in [3.05, 3.63) is 29.3 Å². The summed E-state index contributed by atoms with van der Waals surface area (Å²) < 4.78 is 27.5. The molecule has 138 valence electrons. The van der Waals surface area contributed by atoms with Gasteiger partial charge in [-0.3, -0.25) is 4.79 Å². The van der Waals surface area contributed by atoms with Crippen molar-refractivity contribution in [2.45, 2.75) is 69.0 Å². The number of sulfonamides is 1. The molecule has 1 aliphatic heterocycles. The number of likely N-dealkylation sites (tertiary alicyclic amines) is 1. The number of benzene rings is 1. The number of rotatable bonds is 5. The smallest absolute Gasteiger partial charge is 0.254 e. The largest absolute Gasteiger partial charge is 0.391 e. The van der Waals surface area contributed by atoms with Crippen LogP contribution in [0.25, 0.3) is 0 Å². The average molecular weight is 366 g/mol. The molecule has 1 saturated heterocycles. The van der Waals surface area contributed by atoms with E-state index >= 15 is 0 Å². The SMILES string of the molecule is Cc1ccc(S(=O)(=O)NC2CC2)cc1C(=O)N1CCCCC1C(C)O. The van der Waals surface area contributed by atoms with Crippen molar-refractivity contribution < 1.29 is 18.3 Å². The zero-order chi connectivity index (χ0) is 18.2. The standard InChI is InChI=1S/C18H26N2O4S/c1-12-6-9-15(25(23,24)19-14-7-8-14)11-16(12)18(22)20-10-4-3-5-17(20)13(2)21/h6,9,11,13-14,17,19,21H,3-5,7-8,10H2,1-2H3. The molecule has 0 aromatic heterocycles. The van der Waals surface area contributed by atoms with Crippen molar-refractivity contribution in [3.63, 3.8) is 0 Å². The monoisotopic (exact) mass is 366 g/mol. The highest BCUT2D eigenvalue weighted by Crippen LogP contribution is 2.26. The van der Waals surface area contributed by atoms with Crippen LogP contribution in [0.2, 0.25) is 0 Å². The summed E-state index contributed by atoms with van der Waals surface area (Å²) in [5, 5.41) is 10.0. The van der Waals surface area contributed by atoms with Crippen molar-refractivity contribution in [2.24, 2.45) is 0 Å². The topological polar surface area (TPSA) is 86.7 Å². The van der Waals surface area contributed by atoms with Gasteiger partial charge >= 0.3 is 0 Å². The summed E-state index contributed by atoms with van der Waals surface area (Å²) in [7, 11) is -3.60. The van der Waals surface area contributed by atoms with Crippen LogP contribution in [0.3, 0.4) is 0 Å². The minimum atomic E-state index is -3.60. The quantitative estimate of drug-likeness (QED) is 0.832. The Morgan fingerprint density at radius 3 is 2.64 bits per heavy atom. The molecule has 1 aromatic rings. The Hall–Kier alpha value is -1.44. The van der Waals surface area contributed by atoms with E-state index in [1.54, 1.807) is 30.9 Å². The molecule has 6 nitrogen and oxygen atoms in total. The second-order valence-electron chi connectivity index (χ2n) is 7.17. The maximum atomic E-state index is 13.0. The molecule has 25 heavy (non-hydrogen) atoms. The molecule has 2 fully saturated rings. The van der Waals surface area contributed by atoms with Gasteiger partial charge in [0.2, 0.25) is 10.0 Å². The summed E-state index contributed by atoms with van der Waals surface area (Å²) >= 11 is 0. The molecule has 0 bridgehead atoms. The molecule has 1 aromatic carbocycles. The van der Waals surface area contributed by atoms with Crippen LogP contribution in [0.1, 0.15) is 54.9 Å². The Kier molecular flexibility index (Phi) is 5.18. The predicted octanol–water partition coefficient (Wildman–Crippen LogP) is 1.81. The molecule has 1 heterocycles. The van der Waals surface area contributed by atoms with E-state index in [9.17, 15) is 18.3 Å². The van der Waals surface area contributed by atoms with Crippen LogP contribution in [0, 0.1) is 6.92 Å². The lowest BCUT2D eigenvalue weighted by molar-refractivity contribution is 0.0280. The van der Waals surface area contributed by atoms with E-state index in [1.807, 2.05) is 0 Å². The fourth-order valence-electron chi connectivity index (χ4n) is 3.35. The van der Waals surface area contributed by atoms with Gasteiger partial charge in [0.25, 0.3) is 5.91 Å². The van der Waals surface area contributed by atoms with Crippen molar-refractivity contribution in [3.8, 4) is 0 Å². The Morgan fingerprint density at radius 2 is 2.00 bits per heavy atom. The molecular formula is C18H26N2O4S. The highest BCUT2D eigenvalue weighted by Gasteiger charge is 2.32. The van der Waals surface area contributed by atoms with Crippen LogP contribution < -0.4 is 4.72 Å². The van der Waals surface area contributed by atoms with Crippen molar-refractivity contribution in [1.82, 2.24) is 9.62 Å². The summed E-state index contributed by atoms with van der Waals surface area (Å²) in [6, 6.07) is 4.49. The molecule has 7 heteroatoms. The van der Waals surface area contributed by atoms with E-state index in [-0.39, 0.29) is 22.9 Å². The summed E-state index contributed by atoms with van der Waals surface area (Å²) in [4.78, 5) is 14.9. The third-order valence-electron chi connectivity index (χ3n) is 5.02. The van der Waals surface area contributed by atoms with E-state index < -0.39 is 16.1 Å². The first-order chi connectivity index (χ1) is 11.8. The van der Waals surface area contributed by atoms with Gasteiger partial charge in [-0.15, -0.1) is 0 Å². The van der Waals surface area contributed by atoms with E-state index in [2.05, 4.69) is 4.72 Å². The average Bonchev–Trinajstić information content (AvgIpc) is 3.37. The van der Waals surface area contributed by atoms with Crippen LogP contribution in [-0.2, 0) is 10.0 Å². The molecule has 0 radical (unpaired) electrons. The Labute approximate surface area is 149 Å². The summed E-state index contributed by atoms with van der Waals surface area (Å²) in [6.45, 7) is 4.09. The Morgan fingerprint density at radius 1 is 1.28 bits per heavy atom. The van der Waals surface area contributed by atoms with E-state index in [0.717, 1.165) is 37.7 Å². The minimum absolute atomic E-state index is 0.0205. The number of carbonyl (C=O) groups excluding carboxylic acids is 1. The first-order valence-electron chi connectivity index (χ1n) is 8.91. The number of hydrogen-bond donors (Lipinski definition) is 2. The zero-order valence-corrected chi connectivity index (χ0v) is 15.6. The number of nitrogens with one attached hydrogen (secondary N) is 1. The molecule has 0 spiro atoms. The number of hydrogen-bond acceptors (Lipinski definition) is 4. The highest BCUT2D eigenvalue weighted by atomic mass is 32.2. The van der Waals surface area contributed by atoms with Crippen LogP contribution in [-0.4, -0.2) is 49.1 Å². The van der Waals surface area contributed by atoms with Gasteiger partial charge in [0.15, 0.2) is 0 Å². The number of piperidine rings is 1. The maximum absolute atomic E-state index is 13.0. The number of aliphatic hydroxyl groups is 1. The summed E-state index contributed by atoms with van der Waals surface area (Å²) in [6.07, 6.45) is 3.77. The van der Waals surface area contributed by atoms with Crippen LogP contribution >= 0.6 is 0 Å². The Bertz CT molecular complexity index is 756. The number of carbonyl (C=O) groups is 1. The van der Waals surface area contributed by atoms with Crippen LogP contribution in [0.15, 0.2) is 23.1 Å². The fourth-order valence-corrected chi connectivity index (χ4v) is 4.68. The predicted molar refractivity (Wildman–Crippen MR) is 94.9 cm³/mol. The van der Waals surface area contributed by atoms with E-state index in [1.165, 1.54) is 6.07 Å². The maximum Gasteiger partial charge on any atom is 0.254 e. The zero-order valence-electron chi connectivity index (χ0n) is 14.7. The lowest BCUT2D eigenvalue weighted by atomic mass is 9.96. The molecule has 1 aliphatic carbocycles. The third-order valence-corrected chi connectivity index (χ3v) is 6.53. The number of nitrogens with zero attached hydrogens (tertiary/aromatic N) is 1. The van der Waals surface area contributed by atoms with Gasteiger partial charge in [0.1, 0.15) is 0 Å². The molecule has 2 unspecified atom stereocenters. The first kappa shape index (κ1) is 18.4. The minimum Gasteiger partial charge on any atom is -0.391 e. The fraction of sp³-hybridized carbons (Fsp3) is 0.611. The number of aryl methyl sites for hydroxylation is 1. The van der Waals surface area contributed by atoms with Gasteiger partial charge in [-0.1, -0.05) is 6.07 Å². The molecule has 3 rings (SSSR count). The molecule has 2 aliphatic rings. The van der Waals surface area contributed by atoms with Gasteiger partial charge in [-0.05, 0) is 63.6 Å². The Balaban J connectivity index is 1.90. The van der Waals surface area contributed by atoms with E-state index in [4.69, 9.17) is 0 Å². The third kappa shape index (κ3) is 4.04. The van der Waals surface area contributed by atoms with Gasteiger partial charge < -0.3 is 10.0 Å².